The molecule has 72 valence electrons. The number of hydrogen-bond donors (Lipinski definition) is 2. The van der Waals surface area contributed by atoms with Crippen molar-refractivity contribution in [2.24, 2.45) is 0 Å². The summed E-state index contributed by atoms with van der Waals surface area (Å²) in [5, 5.41) is 9.24. The third kappa shape index (κ3) is 2.56. The van der Waals surface area contributed by atoms with Crippen LogP contribution in [0.3, 0.4) is 0 Å². The lowest BCUT2D eigenvalue weighted by atomic mass is 10.2. The molecule has 2 atom stereocenters. The molecule has 0 spiro atoms. The van der Waals surface area contributed by atoms with Gasteiger partial charge in [0.05, 0.1) is 7.11 Å². The van der Waals surface area contributed by atoms with Crippen LogP contribution in [0.2, 0.25) is 0 Å². The van der Waals surface area contributed by atoms with Gasteiger partial charge in [-0.2, -0.15) is 0 Å². The van der Waals surface area contributed by atoms with E-state index in [9.17, 15) is 9.67 Å². The van der Waals surface area contributed by atoms with Crippen molar-refractivity contribution in [3.8, 4) is 5.75 Å². The van der Waals surface area contributed by atoms with Gasteiger partial charge in [-0.3, -0.25) is 4.57 Å². The standard InChI is InChI=1S/C8H11O4P/c1-12-7-4-2-3-6(5-7)8(9)13(10)11/h2-5,8-9,13H,1H3,(H,10,11). The lowest BCUT2D eigenvalue weighted by Crippen LogP contribution is -1.92. The van der Waals surface area contributed by atoms with Crippen LogP contribution in [-0.4, -0.2) is 17.1 Å². The molecule has 4 nitrogen and oxygen atoms in total. The van der Waals surface area contributed by atoms with E-state index in [1.54, 1.807) is 18.2 Å². The summed E-state index contributed by atoms with van der Waals surface area (Å²) >= 11 is 0. The van der Waals surface area contributed by atoms with Crippen LogP contribution in [0.4, 0.5) is 0 Å². The predicted octanol–water partition coefficient (Wildman–Crippen LogP) is 1.15. The smallest absolute Gasteiger partial charge is 0.221 e. The van der Waals surface area contributed by atoms with E-state index in [2.05, 4.69) is 0 Å². The van der Waals surface area contributed by atoms with Crippen molar-refractivity contribution in [3.05, 3.63) is 29.8 Å². The molecule has 0 heterocycles. The molecule has 1 rings (SSSR count). The molecule has 2 unspecified atom stereocenters. The van der Waals surface area contributed by atoms with Gasteiger partial charge in [-0.25, -0.2) is 0 Å². The van der Waals surface area contributed by atoms with Gasteiger partial charge in [0.1, 0.15) is 5.75 Å². The molecule has 1 aromatic rings. The zero-order valence-corrected chi connectivity index (χ0v) is 8.10. The maximum atomic E-state index is 10.6. The molecule has 0 amide bonds. The molecule has 0 aromatic heterocycles. The Kier molecular flexibility index (Phi) is 3.48. The fraction of sp³-hybridized carbons (Fsp3) is 0.250. The fourth-order valence-electron chi connectivity index (χ4n) is 0.954. The summed E-state index contributed by atoms with van der Waals surface area (Å²) in [4.78, 5) is 8.69. The van der Waals surface area contributed by atoms with E-state index in [4.69, 9.17) is 9.63 Å². The quantitative estimate of drug-likeness (QED) is 0.721. The first-order valence-electron chi connectivity index (χ1n) is 3.70. The molecule has 13 heavy (non-hydrogen) atoms. The van der Waals surface area contributed by atoms with Gasteiger partial charge in [0.15, 0.2) is 5.85 Å². The first-order valence-corrected chi connectivity index (χ1v) is 5.13. The van der Waals surface area contributed by atoms with Crippen LogP contribution in [0.15, 0.2) is 24.3 Å². The van der Waals surface area contributed by atoms with Crippen molar-refractivity contribution in [2.75, 3.05) is 7.11 Å². The second kappa shape index (κ2) is 4.42. The average Bonchev–Trinajstić information content (AvgIpc) is 2.16. The van der Waals surface area contributed by atoms with E-state index in [0.29, 0.717) is 11.3 Å². The number of hydrogen-bond acceptors (Lipinski definition) is 3. The van der Waals surface area contributed by atoms with E-state index in [1.807, 2.05) is 0 Å². The summed E-state index contributed by atoms with van der Waals surface area (Å²) in [6.45, 7) is 0. The van der Waals surface area contributed by atoms with Crippen LogP contribution in [0.1, 0.15) is 11.4 Å². The lowest BCUT2D eigenvalue weighted by Gasteiger charge is -2.08. The molecular formula is C8H11O4P. The number of ether oxygens (including phenoxy) is 1. The van der Waals surface area contributed by atoms with Crippen molar-refractivity contribution in [3.63, 3.8) is 0 Å². The first-order chi connectivity index (χ1) is 6.15. The zero-order chi connectivity index (χ0) is 9.84. The van der Waals surface area contributed by atoms with Crippen molar-refractivity contribution in [1.29, 1.82) is 0 Å². The van der Waals surface area contributed by atoms with Crippen LogP contribution in [0, 0.1) is 0 Å². The second-order valence-corrected chi connectivity index (χ2v) is 3.74. The SMILES string of the molecule is COc1cccc(C(O)[PH](=O)O)c1. The third-order valence-corrected chi connectivity index (χ3v) is 2.44. The summed E-state index contributed by atoms with van der Waals surface area (Å²) < 4.78 is 15.5. The number of rotatable bonds is 3. The van der Waals surface area contributed by atoms with Gasteiger partial charge in [0, 0.05) is 0 Å². The van der Waals surface area contributed by atoms with Crippen LogP contribution in [-0.2, 0) is 4.57 Å². The molecule has 0 radical (unpaired) electrons. The summed E-state index contributed by atoms with van der Waals surface area (Å²) in [6.07, 6.45) is 0. The molecule has 0 fully saturated rings. The van der Waals surface area contributed by atoms with E-state index in [0.717, 1.165) is 0 Å². The average molecular weight is 202 g/mol. The summed E-state index contributed by atoms with van der Waals surface area (Å²) in [6, 6.07) is 6.46. The Balaban J connectivity index is 2.94. The number of methoxy groups -OCH3 is 1. The van der Waals surface area contributed by atoms with Crippen LogP contribution in [0.5, 0.6) is 5.75 Å². The fourth-order valence-corrected chi connectivity index (χ4v) is 1.42. The van der Waals surface area contributed by atoms with Gasteiger partial charge < -0.3 is 14.7 Å². The van der Waals surface area contributed by atoms with E-state index in [1.165, 1.54) is 13.2 Å². The Bertz CT molecular complexity index is 313. The molecule has 2 N–H and O–H groups in total. The van der Waals surface area contributed by atoms with Crippen molar-refractivity contribution < 1.29 is 19.3 Å². The van der Waals surface area contributed by atoms with Crippen molar-refractivity contribution >= 4 is 8.03 Å². The Morgan fingerprint density at radius 3 is 2.77 bits per heavy atom. The topological polar surface area (TPSA) is 66.8 Å². The maximum absolute atomic E-state index is 10.6. The molecule has 0 saturated carbocycles. The molecule has 0 bridgehead atoms. The van der Waals surface area contributed by atoms with Gasteiger partial charge in [-0.05, 0) is 17.7 Å². The van der Waals surface area contributed by atoms with Gasteiger partial charge in [0.2, 0.25) is 8.03 Å². The maximum Gasteiger partial charge on any atom is 0.221 e. The molecule has 0 aliphatic rings. The van der Waals surface area contributed by atoms with Gasteiger partial charge in [-0.1, -0.05) is 12.1 Å². The van der Waals surface area contributed by atoms with E-state index < -0.39 is 13.9 Å². The monoisotopic (exact) mass is 202 g/mol. The van der Waals surface area contributed by atoms with E-state index in [-0.39, 0.29) is 0 Å². The highest BCUT2D eigenvalue weighted by Crippen LogP contribution is 2.35. The van der Waals surface area contributed by atoms with Gasteiger partial charge in [-0.15, -0.1) is 0 Å². The Labute approximate surface area is 76.7 Å². The summed E-state index contributed by atoms with van der Waals surface area (Å²) in [5.41, 5.74) is 0.394. The van der Waals surface area contributed by atoms with Crippen molar-refractivity contribution in [2.45, 2.75) is 5.85 Å². The highest BCUT2D eigenvalue weighted by Gasteiger charge is 2.12. The number of aliphatic hydroxyl groups is 1. The molecule has 0 saturated heterocycles. The minimum absolute atomic E-state index is 0.394. The molecule has 1 aromatic carbocycles. The second-order valence-electron chi connectivity index (χ2n) is 2.52. The minimum Gasteiger partial charge on any atom is -0.497 e. The van der Waals surface area contributed by atoms with Crippen LogP contribution >= 0.6 is 8.03 Å². The van der Waals surface area contributed by atoms with Gasteiger partial charge >= 0.3 is 0 Å². The minimum atomic E-state index is -2.94. The first kappa shape index (κ1) is 10.3. The predicted molar refractivity (Wildman–Crippen MR) is 49.2 cm³/mol. The van der Waals surface area contributed by atoms with Gasteiger partial charge in [0.25, 0.3) is 0 Å². The highest BCUT2D eigenvalue weighted by atomic mass is 31.1. The Morgan fingerprint density at radius 2 is 2.23 bits per heavy atom. The number of aliphatic hydroxyl groups excluding tert-OH is 1. The van der Waals surface area contributed by atoms with Crippen molar-refractivity contribution in [1.82, 2.24) is 0 Å². The summed E-state index contributed by atoms with van der Waals surface area (Å²) in [5.74, 6) is -0.750. The zero-order valence-electron chi connectivity index (χ0n) is 7.10. The summed E-state index contributed by atoms with van der Waals surface area (Å²) in [7, 11) is -1.45. The van der Waals surface area contributed by atoms with Crippen LogP contribution in [0.25, 0.3) is 0 Å². The molecule has 5 heteroatoms. The number of benzene rings is 1. The largest absolute Gasteiger partial charge is 0.497 e. The Hall–Kier alpha value is -0.830. The normalized spacial score (nSPS) is 15.0. The molecule has 0 aliphatic heterocycles. The molecule has 0 aliphatic carbocycles. The van der Waals surface area contributed by atoms with Crippen LogP contribution < -0.4 is 4.74 Å². The Morgan fingerprint density at radius 1 is 1.54 bits per heavy atom. The molecular weight excluding hydrogens is 191 g/mol. The third-order valence-electron chi connectivity index (χ3n) is 1.64. The van der Waals surface area contributed by atoms with E-state index >= 15 is 0 Å². The lowest BCUT2D eigenvalue weighted by molar-refractivity contribution is 0.242. The highest BCUT2D eigenvalue weighted by molar-refractivity contribution is 7.38.